The third-order valence-electron chi connectivity index (χ3n) is 2.35. The van der Waals surface area contributed by atoms with Crippen LogP contribution in [0.25, 0.3) is 21.9 Å². The topological polar surface area (TPSA) is 0 Å². The molecule has 0 atom stereocenters. The maximum Gasteiger partial charge on any atom is -0.00262 e. The van der Waals surface area contributed by atoms with Gasteiger partial charge in [-0.25, -0.2) is 0 Å². The van der Waals surface area contributed by atoms with E-state index in [2.05, 4.69) is 37.3 Å². The third kappa shape index (κ3) is 0.548. The van der Waals surface area contributed by atoms with Crippen LogP contribution in [-0.2, 0) is 0 Å². The molecular formula is C11H8. The minimum atomic E-state index is 1.37. The summed E-state index contributed by atoms with van der Waals surface area (Å²) >= 11 is 0. The second kappa shape index (κ2) is 1.48. The Labute approximate surface area is 65.5 Å². The first kappa shape index (κ1) is 5.36. The molecule has 11 heavy (non-hydrogen) atoms. The molecule has 0 radical (unpaired) electrons. The summed E-state index contributed by atoms with van der Waals surface area (Å²) in [5.41, 5.74) is 4.29. The van der Waals surface area contributed by atoms with Crippen LogP contribution in [0.2, 0.25) is 0 Å². The Morgan fingerprint density at radius 1 is 1.00 bits per heavy atom. The van der Waals surface area contributed by atoms with E-state index in [4.69, 9.17) is 0 Å². The molecule has 0 heteroatoms. The van der Waals surface area contributed by atoms with Gasteiger partial charge in [-0.3, -0.25) is 0 Å². The molecule has 0 saturated heterocycles. The highest BCUT2D eigenvalue weighted by molar-refractivity contribution is 6.20. The molecule has 0 aromatic heterocycles. The monoisotopic (exact) mass is 140 g/mol. The van der Waals surface area contributed by atoms with E-state index < -0.39 is 0 Å². The van der Waals surface area contributed by atoms with Crippen LogP contribution in [0.3, 0.4) is 0 Å². The molecule has 0 saturated carbocycles. The molecule has 0 spiro atoms. The summed E-state index contributed by atoms with van der Waals surface area (Å²) in [7, 11) is 0. The number of hydrogen-bond donors (Lipinski definition) is 0. The van der Waals surface area contributed by atoms with Crippen LogP contribution in [0.4, 0.5) is 0 Å². The molecule has 0 heterocycles. The van der Waals surface area contributed by atoms with E-state index in [-0.39, 0.29) is 0 Å². The minimum Gasteiger partial charge on any atom is -0.0610 e. The standard InChI is InChI=1S/C11H8/c1-7-5-8-3-2-4-9-10(6-7)11(8)9/h2-6H,1H3. The maximum atomic E-state index is 2.26. The number of aryl methyl sites for hydroxylation is 1. The lowest BCUT2D eigenvalue weighted by Crippen LogP contribution is -1.65. The summed E-state index contributed by atoms with van der Waals surface area (Å²) in [5.74, 6) is 0. The quantitative estimate of drug-likeness (QED) is 0.450. The fraction of sp³-hybridized carbons (Fsp3) is 0.0909. The van der Waals surface area contributed by atoms with Gasteiger partial charge in [0.2, 0.25) is 0 Å². The molecule has 1 aliphatic rings. The molecule has 3 rings (SSSR count). The average molecular weight is 140 g/mol. The van der Waals surface area contributed by atoms with Gasteiger partial charge in [0.05, 0.1) is 0 Å². The molecular weight excluding hydrogens is 132 g/mol. The predicted molar refractivity (Wildman–Crippen MR) is 47.7 cm³/mol. The number of benzene rings is 2. The van der Waals surface area contributed by atoms with Gasteiger partial charge in [-0.15, -0.1) is 0 Å². The summed E-state index contributed by atoms with van der Waals surface area (Å²) in [6, 6.07) is 11.0. The average Bonchev–Trinajstić information content (AvgIpc) is 2.65. The lowest BCUT2D eigenvalue weighted by molar-refractivity contribution is 1.53. The van der Waals surface area contributed by atoms with Crippen LogP contribution >= 0.6 is 0 Å². The van der Waals surface area contributed by atoms with Crippen molar-refractivity contribution in [2.45, 2.75) is 6.92 Å². The molecule has 2 aromatic carbocycles. The van der Waals surface area contributed by atoms with Crippen molar-refractivity contribution >= 4 is 10.8 Å². The zero-order chi connectivity index (χ0) is 7.42. The largest absolute Gasteiger partial charge is 0.0610 e. The highest BCUT2D eigenvalue weighted by atomic mass is 14.2. The molecule has 0 unspecified atom stereocenters. The molecule has 0 nitrogen and oxygen atoms in total. The van der Waals surface area contributed by atoms with Crippen molar-refractivity contribution in [3.63, 3.8) is 0 Å². The lowest BCUT2D eigenvalue weighted by atomic mass is 10.2. The Balaban J connectivity index is 2.57. The SMILES string of the molecule is Cc1cc2c3c-2cccc3c1. The Hall–Kier alpha value is -1.30. The number of rotatable bonds is 0. The molecule has 0 N–H and O–H groups in total. The van der Waals surface area contributed by atoms with Gasteiger partial charge >= 0.3 is 0 Å². The highest BCUT2D eigenvalue weighted by Gasteiger charge is 2.19. The van der Waals surface area contributed by atoms with E-state index in [1.165, 1.54) is 27.5 Å². The van der Waals surface area contributed by atoms with Crippen LogP contribution < -0.4 is 0 Å². The van der Waals surface area contributed by atoms with Crippen LogP contribution in [0.5, 0.6) is 0 Å². The van der Waals surface area contributed by atoms with Crippen LogP contribution in [0, 0.1) is 6.92 Å². The van der Waals surface area contributed by atoms with Crippen molar-refractivity contribution in [2.75, 3.05) is 0 Å². The number of fused-ring (bicyclic) bond motifs is 1. The first-order valence-corrected chi connectivity index (χ1v) is 3.90. The van der Waals surface area contributed by atoms with Gasteiger partial charge in [0.1, 0.15) is 0 Å². The molecule has 0 aliphatic heterocycles. The van der Waals surface area contributed by atoms with E-state index in [0.29, 0.717) is 0 Å². The van der Waals surface area contributed by atoms with Crippen molar-refractivity contribution in [3.05, 3.63) is 35.9 Å². The molecule has 0 bridgehead atoms. The molecule has 52 valence electrons. The zero-order valence-electron chi connectivity index (χ0n) is 6.39. The molecule has 1 aliphatic carbocycles. The number of hydrogen-bond acceptors (Lipinski definition) is 0. The van der Waals surface area contributed by atoms with Gasteiger partial charge in [0, 0.05) is 0 Å². The normalized spacial score (nSPS) is 12.1. The van der Waals surface area contributed by atoms with Gasteiger partial charge < -0.3 is 0 Å². The molecule has 0 amide bonds. The first-order valence-electron chi connectivity index (χ1n) is 3.90. The molecule has 0 fully saturated rings. The maximum absolute atomic E-state index is 2.26. The van der Waals surface area contributed by atoms with Crippen molar-refractivity contribution in [2.24, 2.45) is 0 Å². The van der Waals surface area contributed by atoms with Crippen molar-refractivity contribution in [1.82, 2.24) is 0 Å². The summed E-state index contributed by atoms with van der Waals surface area (Å²) in [5, 5.41) is 2.88. The van der Waals surface area contributed by atoms with E-state index in [1.807, 2.05) is 0 Å². The van der Waals surface area contributed by atoms with E-state index in [1.54, 1.807) is 0 Å². The molecule has 2 aromatic rings. The second-order valence-electron chi connectivity index (χ2n) is 3.22. The van der Waals surface area contributed by atoms with Gasteiger partial charge in [-0.1, -0.05) is 30.3 Å². The third-order valence-corrected chi connectivity index (χ3v) is 2.35. The smallest absolute Gasteiger partial charge is 0.00262 e. The summed E-state index contributed by atoms with van der Waals surface area (Å²) in [6.07, 6.45) is 0. The first-order chi connectivity index (χ1) is 5.36. The Kier molecular flexibility index (Phi) is 0.719. The van der Waals surface area contributed by atoms with E-state index in [9.17, 15) is 0 Å². The van der Waals surface area contributed by atoms with Gasteiger partial charge in [-0.05, 0) is 34.4 Å². The van der Waals surface area contributed by atoms with E-state index >= 15 is 0 Å². The zero-order valence-corrected chi connectivity index (χ0v) is 6.39. The summed E-state index contributed by atoms with van der Waals surface area (Å²) in [4.78, 5) is 0. The Morgan fingerprint density at radius 3 is 2.82 bits per heavy atom. The summed E-state index contributed by atoms with van der Waals surface area (Å²) in [6.45, 7) is 2.15. The van der Waals surface area contributed by atoms with Gasteiger partial charge in [-0.2, -0.15) is 0 Å². The van der Waals surface area contributed by atoms with Crippen LogP contribution in [0.1, 0.15) is 5.56 Å². The minimum absolute atomic E-state index is 1.37. The Bertz CT molecular complexity index is 453. The van der Waals surface area contributed by atoms with Crippen molar-refractivity contribution < 1.29 is 0 Å². The van der Waals surface area contributed by atoms with Crippen molar-refractivity contribution in [1.29, 1.82) is 0 Å². The van der Waals surface area contributed by atoms with E-state index in [0.717, 1.165) is 0 Å². The van der Waals surface area contributed by atoms with Gasteiger partial charge in [0.15, 0.2) is 0 Å². The highest BCUT2D eigenvalue weighted by Crippen LogP contribution is 2.47. The van der Waals surface area contributed by atoms with Gasteiger partial charge in [0.25, 0.3) is 0 Å². The van der Waals surface area contributed by atoms with Crippen molar-refractivity contribution in [3.8, 4) is 11.1 Å². The Morgan fingerprint density at radius 2 is 1.91 bits per heavy atom. The van der Waals surface area contributed by atoms with Crippen LogP contribution in [-0.4, -0.2) is 0 Å². The fourth-order valence-electron chi connectivity index (χ4n) is 1.82. The lowest BCUT2D eigenvalue weighted by Gasteiger charge is -1.87. The summed E-state index contributed by atoms with van der Waals surface area (Å²) < 4.78 is 0. The van der Waals surface area contributed by atoms with Crippen LogP contribution in [0.15, 0.2) is 30.3 Å². The predicted octanol–water partition coefficient (Wildman–Crippen LogP) is 3.13. The second-order valence-corrected chi connectivity index (χ2v) is 3.22. The fourth-order valence-corrected chi connectivity index (χ4v) is 1.82.